The molecule has 4 rings (SSSR count). The van der Waals surface area contributed by atoms with Gasteiger partial charge in [-0.05, 0) is 49.4 Å². The Hall–Kier alpha value is -2.93. The van der Waals surface area contributed by atoms with E-state index in [4.69, 9.17) is 12.6 Å². The van der Waals surface area contributed by atoms with Gasteiger partial charge in [0, 0.05) is 37.9 Å². The molecular weight excluding hydrogens is 387 g/mol. The van der Waals surface area contributed by atoms with Crippen LogP contribution in [0.25, 0.3) is 0 Å². The van der Waals surface area contributed by atoms with Crippen LogP contribution in [0.1, 0.15) is 36.2 Å². The maximum atomic E-state index is 12.4. The third kappa shape index (κ3) is 5.41. The average Bonchev–Trinajstić information content (AvgIpc) is 2.77. The second-order valence-electron chi connectivity index (χ2n) is 8.29. The molecule has 2 aromatic heterocycles. The van der Waals surface area contributed by atoms with E-state index < -0.39 is 0 Å². The van der Waals surface area contributed by atoms with Crippen LogP contribution in [0.2, 0.25) is 0 Å². The Balaban J connectivity index is 1.36. The van der Waals surface area contributed by atoms with Crippen molar-refractivity contribution < 1.29 is 4.74 Å². The van der Waals surface area contributed by atoms with E-state index in [1.165, 1.54) is 27.4 Å². The number of pyridine rings is 1. The molecule has 0 N–H and O–H groups in total. The average molecular weight is 414 g/mol. The minimum atomic E-state index is -0.174. The largest absolute Gasteiger partial charge is 0.485 e. The van der Waals surface area contributed by atoms with Gasteiger partial charge in [0.1, 0.15) is 20.2 Å². The molecule has 1 aromatic carbocycles. The molecule has 0 spiro atoms. The standard InChI is InChI=1S/C24H27BN4O2/c1-17(2)28-9-8-19-4-3-18(11-20(19)15-28)7-10-29-24(30)12-23(14-27-29)31-16-22-6-5-21(25)13-26-22/h3-6,11-14,17H,7-10,15-16H2,1-2H3. The quantitative estimate of drug-likeness (QED) is 0.554. The number of fused-ring (bicyclic) bond motifs is 1. The Morgan fingerprint density at radius 2 is 2.00 bits per heavy atom. The molecule has 1 aliphatic rings. The highest BCUT2D eigenvalue weighted by Crippen LogP contribution is 2.22. The van der Waals surface area contributed by atoms with Crippen LogP contribution in [0.5, 0.6) is 5.75 Å². The Bertz CT molecular complexity index is 1100. The summed E-state index contributed by atoms with van der Waals surface area (Å²) in [5, 5.41) is 4.27. The van der Waals surface area contributed by atoms with E-state index in [2.05, 4.69) is 47.0 Å². The molecule has 31 heavy (non-hydrogen) atoms. The minimum absolute atomic E-state index is 0.174. The van der Waals surface area contributed by atoms with Crippen molar-refractivity contribution in [3.05, 3.63) is 81.5 Å². The van der Waals surface area contributed by atoms with Crippen molar-refractivity contribution >= 4 is 13.3 Å². The van der Waals surface area contributed by atoms with Gasteiger partial charge in [0.2, 0.25) is 0 Å². The lowest BCUT2D eigenvalue weighted by atomic mass is 9.96. The maximum absolute atomic E-state index is 12.4. The summed E-state index contributed by atoms with van der Waals surface area (Å²) in [6, 6.07) is 12.3. The first-order valence-electron chi connectivity index (χ1n) is 10.7. The van der Waals surface area contributed by atoms with Crippen molar-refractivity contribution in [3.8, 4) is 5.75 Å². The Morgan fingerprint density at radius 1 is 1.13 bits per heavy atom. The van der Waals surface area contributed by atoms with Gasteiger partial charge in [-0.3, -0.25) is 14.7 Å². The van der Waals surface area contributed by atoms with Gasteiger partial charge < -0.3 is 4.74 Å². The third-order valence-electron chi connectivity index (χ3n) is 5.73. The van der Waals surface area contributed by atoms with Gasteiger partial charge in [0.25, 0.3) is 5.56 Å². The van der Waals surface area contributed by atoms with Crippen LogP contribution in [0, 0.1) is 0 Å². The van der Waals surface area contributed by atoms with Crippen LogP contribution >= 0.6 is 0 Å². The second-order valence-corrected chi connectivity index (χ2v) is 8.29. The van der Waals surface area contributed by atoms with E-state index in [0.717, 1.165) is 31.6 Å². The molecular formula is C24H27BN4O2. The van der Waals surface area contributed by atoms with E-state index in [9.17, 15) is 4.79 Å². The summed E-state index contributed by atoms with van der Waals surface area (Å²) < 4.78 is 7.12. The highest BCUT2D eigenvalue weighted by atomic mass is 16.5. The summed E-state index contributed by atoms with van der Waals surface area (Å²) in [5.41, 5.74) is 5.23. The number of hydrogen-bond donors (Lipinski definition) is 0. The number of rotatable bonds is 7. The summed E-state index contributed by atoms with van der Waals surface area (Å²) in [5.74, 6) is 0.433. The molecule has 0 saturated heterocycles. The van der Waals surface area contributed by atoms with Crippen LogP contribution in [-0.2, 0) is 32.5 Å². The molecule has 7 heteroatoms. The summed E-state index contributed by atoms with van der Waals surface area (Å²) in [6.07, 6.45) is 5.02. The Morgan fingerprint density at radius 3 is 2.74 bits per heavy atom. The van der Waals surface area contributed by atoms with E-state index in [-0.39, 0.29) is 12.2 Å². The highest BCUT2D eigenvalue weighted by molar-refractivity contribution is 6.31. The smallest absolute Gasteiger partial charge is 0.270 e. The Kier molecular flexibility index (Phi) is 6.51. The van der Waals surface area contributed by atoms with Gasteiger partial charge in [-0.1, -0.05) is 29.7 Å². The Labute approximate surface area is 184 Å². The summed E-state index contributed by atoms with van der Waals surface area (Å²) in [4.78, 5) is 19.1. The van der Waals surface area contributed by atoms with Crippen molar-refractivity contribution in [2.75, 3.05) is 6.54 Å². The van der Waals surface area contributed by atoms with Gasteiger partial charge in [-0.25, -0.2) is 4.68 Å². The molecule has 0 saturated carbocycles. The van der Waals surface area contributed by atoms with Crippen molar-refractivity contribution in [2.24, 2.45) is 0 Å². The van der Waals surface area contributed by atoms with Crippen molar-refractivity contribution in [2.45, 2.75) is 52.4 Å². The second kappa shape index (κ2) is 9.48. The van der Waals surface area contributed by atoms with Crippen molar-refractivity contribution in [3.63, 3.8) is 0 Å². The fourth-order valence-corrected chi connectivity index (χ4v) is 3.81. The van der Waals surface area contributed by atoms with Gasteiger partial charge >= 0.3 is 0 Å². The number of aryl methyl sites for hydroxylation is 2. The number of aromatic nitrogens is 3. The van der Waals surface area contributed by atoms with Gasteiger partial charge in [-0.2, -0.15) is 5.10 Å². The summed E-state index contributed by atoms with van der Waals surface area (Å²) in [6.45, 7) is 7.39. The lowest BCUT2D eigenvalue weighted by Crippen LogP contribution is -2.35. The molecule has 0 unspecified atom stereocenters. The molecule has 0 amide bonds. The molecule has 0 bridgehead atoms. The predicted molar refractivity (Wildman–Crippen MR) is 122 cm³/mol. The zero-order valence-corrected chi connectivity index (χ0v) is 18.1. The molecule has 2 radical (unpaired) electrons. The molecule has 3 heterocycles. The summed E-state index contributed by atoms with van der Waals surface area (Å²) in [7, 11) is 5.63. The normalized spacial score (nSPS) is 13.9. The van der Waals surface area contributed by atoms with Gasteiger partial charge in [-0.15, -0.1) is 0 Å². The van der Waals surface area contributed by atoms with E-state index >= 15 is 0 Å². The van der Waals surface area contributed by atoms with E-state index in [1.807, 2.05) is 0 Å². The van der Waals surface area contributed by atoms with Gasteiger partial charge in [0.05, 0.1) is 11.9 Å². The summed E-state index contributed by atoms with van der Waals surface area (Å²) >= 11 is 0. The third-order valence-corrected chi connectivity index (χ3v) is 5.73. The lowest BCUT2D eigenvalue weighted by molar-refractivity contribution is 0.203. The maximum Gasteiger partial charge on any atom is 0.270 e. The fraction of sp³-hybridized carbons (Fsp3) is 0.375. The molecule has 0 atom stereocenters. The first kappa shape index (κ1) is 21.3. The monoisotopic (exact) mass is 414 g/mol. The number of nitrogens with zero attached hydrogens (tertiary/aromatic N) is 4. The van der Waals surface area contributed by atoms with Crippen LogP contribution < -0.4 is 15.8 Å². The first-order chi connectivity index (χ1) is 15.0. The molecule has 0 fully saturated rings. The highest BCUT2D eigenvalue weighted by Gasteiger charge is 2.18. The van der Waals surface area contributed by atoms with Crippen LogP contribution in [0.3, 0.4) is 0 Å². The topological polar surface area (TPSA) is 60.2 Å². The molecule has 0 aliphatic carbocycles. The number of hydrogen-bond acceptors (Lipinski definition) is 5. The van der Waals surface area contributed by atoms with E-state index in [0.29, 0.717) is 23.8 Å². The zero-order valence-electron chi connectivity index (χ0n) is 18.1. The fourth-order valence-electron chi connectivity index (χ4n) is 3.81. The molecule has 3 aromatic rings. The van der Waals surface area contributed by atoms with Crippen LogP contribution in [0.4, 0.5) is 0 Å². The van der Waals surface area contributed by atoms with E-state index in [1.54, 1.807) is 24.5 Å². The van der Waals surface area contributed by atoms with Gasteiger partial charge in [0.15, 0.2) is 0 Å². The molecule has 158 valence electrons. The number of ether oxygens (including phenoxy) is 1. The number of benzene rings is 1. The molecule has 6 nitrogen and oxygen atoms in total. The zero-order chi connectivity index (χ0) is 21.8. The SMILES string of the molecule is [B]c1ccc(COc2cnn(CCc3ccc4c(c3)CN(C(C)C)CC4)c(=O)c2)nc1. The predicted octanol–water partition coefficient (Wildman–Crippen LogP) is 2.02. The van der Waals surface area contributed by atoms with Crippen molar-refractivity contribution in [1.82, 2.24) is 19.7 Å². The molecule has 1 aliphatic heterocycles. The first-order valence-corrected chi connectivity index (χ1v) is 10.7. The van der Waals surface area contributed by atoms with Crippen LogP contribution in [-0.4, -0.2) is 40.1 Å². The minimum Gasteiger partial charge on any atom is -0.485 e. The lowest BCUT2D eigenvalue weighted by Gasteiger charge is -2.32. The van der Waals surface area contributed by atoms with Crippen LogP contribution in [0.15, 0.2) is 53.6 Å². The van der Waals surface area contributed by atoms with Crippen molar-refractivity contribution in [1.29, 1.82) is 0 Å².